The molecule has 1 saturated carbocycles. The van der Waals surface area contributed by atoms with Gasteiger partial charge in [-0.05, 0) is 61.4 Å². The molecule has 2 aliphatic rings. The monoisotopic (exact) mass is 348 g/mol. The van der Waals surface area contributed by atoms with Gasteiger partial charge in [-0.15, -0.1) is 0 Å². The summed E-state index contributed by atoms with van der Waals surface area (Å²) in [7, 11) is 0. The molecule has 2 aliphatic carbocycles. The summed E-state index contributed by atoms with van der Waals surface area (Å²) in [6.07, 6.45) is 9.44. The maximum absolute atomic E-state index is 9.91. The lowest BCUT2D eigenvalue weighted by molar-refractivity contribution is -0.00466. The zero-order chi connectivity index (χ0) is 16.8. The van der Waals surface area contributed by atoms with E-state index in [0.717, 1.165) is 35.5 Å². The molecule has 0 aromatic heterocycles. The van der Waals surface area contributed by atoms with Crippen LogP contribution in [-0.4, -0.2) is 30.4 Å². The largest absolute Gasteiger partial charge is 0.389 e. The first-order chi connectivity index (χ1) is 11.7. The molecule has 130 valence electrons. The highest BCUT2D eigenvalue weighted by atomic mass is 35.5. The summed E-state index contributed by atoms with van der Waals surface area (Å²) < 4.78 is 0. The molecule has 24 heavy (non-hydrogen) atoms. The molecule has 3 N–H and O–H groups in total. The summed E-state index contributed by atoms with van der Waals surface area (Å²) in [6.45, 7) is 0.851. The van der Waals surface area contributed by atoms with Crippen molar-refractivity contribution >= 4 is 17.7 Å². The number of hydrogen-bond donors (Lipinski definition) is 3. The van der Waals surface area contributed by atoms with Crippen LogP contribution in [0.2, 0.25) is 5.02 Å². The lowest BCUT2D eigenvalue weighted by Crippen LogP contribution is -2.33. The zero-order valence-corrected chi connectivity index (χ0v) is 14.6. The van der Waals surface area contributed by atoms with Gasteiger partial charge in [-0.1, -0.05) is 29.8 Å². The second kappa shape index (κ2) is 8.67. The van der Waals surface area contributed by atoms with Crippen LogP contribution >= 0.6 is 11.6 Å². The van der Waals surface area contributed by atoms with Crippen molar-refractivity contribution in [3.05, 3.63) is 52.2 Å². The Morgan fingerprint density at radius 3 is 2.83 bits per heavy atom. The van der Waals surface area contributed by atoms with Gasteiger partial charge in [-0.3, -0.25) is 10.3 Å². The van der Waals surface area contributed by atoms with Crippen LogP contribution in [-0.2, 0) is 4.84 Å². The van der Waals surface area contributed by atoms with Gasteiger partial charge in [0.05, 0.1) is 11.8 Å². The van der Waals surface area contributed by atoms with Crippen LogP contribution < -0.4 is 10.8 Å². The number of nitrogens with one attached hydrogen (secondary N) is 2. The van der Waals surface area contributed by atoms with E-state index in [1.165, 1.54) is 18.4 Å². The van der Waals surface area contributed by atoms with Crippen molar-refractivity contribution in [2.75, 3.05) is 13.2 Å². The van der Waals surface area contributed by atoms with Crippen molar-refractivity contribution in [1.29, 1.82) is 0 Å². The lowest BCUT2D eigenvalue weighted by atomic mass is 9.97. The maximum Gasteiger partial charge on any atom is 0.102 e. The van der Waals surface area contributed by atoms with Crippen molar-refractivity contribution in [2.24, 2.45) is 0 Å². The molecule has 0 saturated heterocycles. The summed E-state index contributed by atoms with van der Waals surface area (Å²) in [4.78, 5) is 5.50. The maximum atomic E-state index is 9.91. The predicted octanol–water partition coefficient (Wildman–Crippen LogP) is 3.43. The molecule has 0 amide bonds. The van der Waals surface area contributed by atoms with E-state index in [9.17, 15) is 5.11 Å². The SMILES string of the molecule is O[C@@H](CNC1CC1)CONC1=CCCCC1=Cc1ccc(Cl)cc1. The molecular formula is C19H25ClN2O2. The summed E-state index contributed by atoms with van der Waals surface area (Å²) in [6, 6.07) is 8.41. The zero-order valence-electron chi connectivity index (χ0n) is 13.8. The average Bonchev–Trinajstić information content (AvgIpc) is 3.41. The fourth-order valence-corrected chi connectivity index (χ4v) is 2.81. The van der Waals surface area contributed by atoms with Gasteiger partial charge in [0.15, 0.2) is 0 Å². The number of hydrogen-bond acceptors (Lipinski definition) is 4. The number of aliphatic hydroxyl groups is 1. The van der Waals surface area contributed by atoms with Gasteiger partial charge in [0.1, 0.15) is 6.61 Å². The van der Waals surface area contributed by atoms with Gasteiger partial charge in [0.25, 0.3) is 0 Å². The first kappa shape index (κ1) is 17.5. The highest BCUT2D eigenvalue weighted by Crippen LogP contribution is 2.25. The molecule has 0 radical (unpaired) electrons. The third kappa shape index (κ3) is 5.64. The molecule has 5 heteroatoms. The predicted molar refractivity (Wildman–Crippen MR) is 97.5 cm³/mol. The molecule has 1 fully saturated rings. The van der Waals surface area contributed by atoms with Crippen LogP contribution in [0.15, 0.2) is 41.6 Å². The molecular weight excluding hydrogens is 324 g/mol. The van der Waals surface area contributed by atoms with E-state index < -0.39 is 6.10 Å². The number of benzene rings is 1. The van der Waals surface area contributed by atoms with E-state index in [4.69, 9.17) is 16.4 Å². The number of allylic oxidation sites excluding steroid dienone is 2. The Morgan fingerprint density at radius 2 is 2.08 bits per heavy atom. The summed E-state index contributed by atoms with van der Waals surface area (Å²) in [5.74, 6) is 0. The third-order valence-electron chi connectivity index (χ3n) is 4.23. The van der Waals surface area contributed by atoms with E-state index in [2.05, 4.69) is 22.9 Å². The van der Waals surface area contributed by atoms with Crippen LogP contribution in [0.5, 0.6) is 0 Å². The molecule has 1 aromatic carbocycles. The van der Waals surface area contributed by atoms with Gasteiger partial charge in [0.2, 0.25) is 0 Å². The minimum atomic E-state index is -0.494. The average molecular weight is 349 g/mol. The molecule has 1 atom stereocenters. The number of aliphatic hydroxyl groups excluding tert-OH is 1. The van der Waals surface area contributed by atoms with E-state index in [1.54, 1.807) is 0 Å². The molecule has 1 aromatic rings. The first-order valence-corrected chi connectivity index (χ1v) is 9.04. The molecule has 0 aliphatic heterocycles. The van der Waals surface area contributed by atoms with Gasteiger partial charge < -0.3 is 10.4 Å². The molecule has 0 bridgehead atoms. The molecule has 0 unspecified atom stereocenters. The van der Waals surface area contributed by atoms with E-state index in [0.29, 0.717) is 12.6 Å². The number of halogens is 1. The molecule has 4 nitrogen and oxygen atoms in total. The standard InChI is InChI=1S/C19H25ClN2O2/c20-16-7-5-14(6-8-16)11-15-3-1-2-4-19(15)22-24-13-18(23)12-21-17-9-10-17/h4-8,11,17-18,21-23H,1-3,9-10,12-13H2/t18-/m0/s1. The minimum absolute atomic E-state index is 0.269. The highest BCUT2D eigenvalue weighted by molar-refractivity contribution is 6.30. The smallest absolute Gasteiger partial charge is 0.102 e. The van der Waals surface area contributed by atoms with Crippen molar-refractivity contribution < 1.29 is 9.94 Å². The molecule has 0 heterocycles. The van der Waals surface area contributed by atoms with Crippen LogP contribution in [0, 0.1) is 0 Å². The topological polar surface area (TPSA) is 53.5 Å². The van der Waals surface area contributed by atoms with Crippen LogP contribution in [0.25, 0.3) is 6.08 Å². The Labute approximate surface area is 148 Å². The van der Waals surface area contributed by atoms with Crippen molar-refractivity contribution in [2.45, 2.75) is 44.2 Å². The lowest BCUT2D eigenvalue weighted by Gasteiger charge is -2.20. The second-order valence-electron chi connectivity index (χ2n) is 6.48. The summed E-state index contributed by atoms with van der Waals surface area (Å²) in [5, 5.41) is 13.9. The Morgan fingerprint density at radius 1 is 1.29 bits per heavy atom. The Kier molecular flexibility index (Phi) is 6.32. The second-order valence-corrected chi connectivity index (χ2v) is 6.92. The molecule has 0 spiro atoms. The van der Waals surface area contributed by atoms with E-state index in [-0.39, 0.29) is 6.61 Å². The van der Waals surface area contributed by atoms with Crippen LogP contribution in [0.4, 0.5) is 0 Å². The van der Waals surface area contributed by atoms with Crippen molar-refractivity contribution in [3.8, 4) is 0 Å². The van der Waals surface area contributed by atoms with Gasteiger partial charge in [-0.2, -0.15) is 0 Å². The normalized spacial score (nSPS) is 20.8. The van der Waals surface area contributed by atoms with Gasteiger partial charge in [-0.25, -0.2) is 0 Å². The first-order valence-electron chi connectivity index (χ1n) is 8.66. The highest BCUT2D eigenvalue weighted by Gasteiger charge is 2.21. The Hall–Kier alpha value is -1.33. The van der Waals surface area contributed by atoms with Gasteiger partial charge in [0, 0.05) is 17.6 Å². The Balaban J connectivity index is 1.50. The van der Waals surface area contributed by atoms with E-state index in [1.807, 2.05) is 24.3 Å². The fourth-order valence-electron chi connectivity index (χ4n) is 2.69. The van der Waals surface area contributed by atoms with Crippen molar-refractivity contribution in [3.63, 3.8) is 0 Å². The molecule has 3 rings (SSSR count). The van der Waals surface area contributed by atoms with E-state index >= 15 is 0 Å². The van der Waals surface area contributed by atoms with Crippen LogP contribution in [0.3, 0.4) is 0 Å². The minimum Gasteiger partial charge on any atom is -0.389 e. The third-order valence-corrected chi connectivity index (χ3v) is 4.48. The van der Waals surface area contributed by atoms with Crippen molar-refractivity contribution in [1.82, 2.24) is 10.8 Å². The summed E-state index contributed by atoms with van der Waals surface area (Å²) >= 11 is 5.94. The Bertz CT molecular complexity index is 594. The summed E-state index contributed by atoms with van der Waals surface area (Å²) in [5.41, 5.74) is 6.35. The quantitative estimate of drug-likeness (QED) is 0.630. The van der Waals surface area contributed by atoms with Gasteiger partial charge >= 0.3 is 0 Å². The number of rotatable bonds is 8. The number of hydroxylamine groups is 1. The fraction of sp³-hybridized carbons (Fsp3) is 0.474. The van der Waals surface area contributed by atoms with Crippen LogP contribution in [0.1, 0.15) is 37.7 Å².